The van der Waals surface area contributed by atoms with E-state index in [2.05, 4.69) is 16.9 Å². The summed E-state index contributed by atoms with van der Waals surface area (Å²) in [6.45, 7) is 2.16. The van der Waals surface area contributed by atoms with Crippen LogP contribution in [-0.2, 0) is 0 Å². The number of rotatable bonds is 3. The SMILES string of the molecule is CCC1SCCSC1c1ncc(C(=O)O)[nH]1. The second-order valence-corrected chi connectivity index (χ2v) is 6.19. The summed E-state index contributed by atoms with van der Waals surface area (Å²) >= 11 is 3.82. The summed E-state index contributed by atoms with van der Waals surface area (Å²) in [5, 5.41) is 9.67. The predicted octanol–water partition coefficient (Wildman–Crippen LogP) is 2.41. The van der Waals surface area contributed by atoms with Crippen molar-refractivity contribution in [1.82, 2.24) is 9.97 Å². The maximum absolute atomic E-state index is 10.8. The van der Waals surface area contributed by atoms with Gasteiger partial charge in [0, 0.05) is 16.8 Å². The van der Waals surface area contributed by atoms with Gasteiger partial charge >= 0.3 is 5.97 Å². The van der Waals surface area contributed by atoms with Gasteiger partial charge in [-0.05, 0) is 6.42 Å². The van der Waals surface area contributed by atoms with Gasteiger partial charge in [0.25, 0.3) is 0 Å². The molecule has 0 aliphatic carbocycles. The Labute approximate surface area is 103 Å². The zero-order chi connectivity index (χ0) is 11.5. The van der Waals surface area contributed by atoms with Crippen molar-refractivity contribution >= 4 is 29.5 Å². The molecule has 1 aromatic heterocycles. The third-order valence-corrected chi connectivity index (χ3v) is 5.80. The topological polar surface area (TPSA) is 66.0 Å². The van der Waals surface area contributed by atoms with Crippen LogP contribution in [0.5, 0.6) is 0 Å². The summed E-state index contributed by atoms with van der Waals surface area (Å²) in [6, 6.07) is 0. The van der Waals surface area contributed by atoms with Gasteiger partial charge in [0.1, 0.15) is 11.5 Å². The van der Waals surface area contributed by atoms with Gasteiger partial charge in [-0.1, -0.05) is 6.92 Å². The molecule has 1 saturated heterocycles. The Hall–Kier alpha value is -0.620. The van der Waals surface area contributed by atoms with Crippen molar-refractivity contribution in [3.63, 3.8) is 0 Å². The highest BCUT2D eigenvalue weighted by molar-refractivity contribution is 8.06. The second-order valence-electron chi connectivity index (χ2n) is 3.60. The smallest absolute Gasteiger partial charge is 0.353 e. The van der Waals surface area contributed by atoms with E-state index in [1.54, 1.807) is 0 Å². The van der Waals surface area contributed by atoms with Crippen LogP contribution in [0.25, 0.3) is 0 Å². The van der Waals surface area contributed by atoms with Gasteiger partial charge in [-0.2, -0.15) is 11.8 Å². The Morgan fingerprint density at radius 1 is 1.62 bits per heavy atom. The highest BCUT2D eigenvalue weighted by atomic mass is 32.2. The molecule has 2 rings (SSSR count). The predicted molar refractivity (Wildman–Crippen MR) is 67.3 cm³/mol. The molecule has 0 saturated carbocycles. The van der Waals surface area contributed by atoms with Crippen molar-refractivity contribution in [3.8, 4) is 0 Å². The van der Waals surface area contributed by atoms with Crippen molar-refractivity contribution < 1.29 is 9.90 Å². The average molecular weight is 258 g/mol. The summed E-state index contributed by atoms with van der Waals surface area (Å²) in [5.74, 6) is 2.14. The van der Waals surface area contributed by atoms with E-state index in [1.165, 1.54) is 11.9 Å². The Morgan fingerprint density at radius 3 is 3.00 bits per heavy atom. The van der Waals surface area contributed by atoms with Crippen LogP contribution in [0.15, 0.2) is 6.20 Å². The van der Waals surface area contributed by atoms with Gasteiger partial charge in [0.15, 0.2) is 0 Å². The molecule has 1 aliphatic rings. The van der Waals surface area contributed by atoms with Crippen LogP contribution in [0.4, 0.5) is 0 Å². The van der Waals surface area contributed by atoms with Gasteiger partial charge in [0.05, 0.1) is 11.4 Å². The number of hydrogen-bond donors (Lipinski definition) is 2. The molecule has 1 aliphatic heterocycles. The van der Waals surface area contributed by atoms with Crippen molar-refractivity contribution in [2.45, 2.75) is 23.8 Å². The lowest BCUT2D eigenvalue weighted by molar-refractivity contribution is 0.0691. The maximum Gasteiger partial charge on any atom is 0.353 e. The lowest BCUT2D eigenvalue weighted by Crippen LogP contribution is -2.19. The Bertz CT molecular complexity index is 381. The van der Waals surface area contributed by atoms with E-state index in [0.29, 0.717) is 10.5 Å². The number of nitrogens with one attached hydrogen (secondary N) is 1. The number of aromatic nitrogens is 2. The first-order valence-corrected chi connectivity index (χ1v) is 7.33. The fraction of sp³-hybridized carbons (Fsp3) is 0.600. The molecule has 0 radical (unpaired) electrons. The normalized spacial score (nSPS) is 25.6. The molecule has 0 aromatic carbocycles. The molecule has 4 nitrogen and oxygen atoms in total. The van der Waals surface area contributed by atoms with Crippen molar-refractivity contribution in [3.05, 3.63) is 17.7 Å². The fourth-order valence-corrected chi connectivity index (χ4v) is 4.77. The number of carboxylic acids is 1. The second kappa shape index (κ2) is 5.14. The zero-order valence-electron chi connectivity index (χ0n) is 8.97. The van der Waals surface area contributed by atoms with Gasteiger partial charge in [-0.25, -0.2) is 9.78 Å². The standard InChI is InChI=1S/C10H14N2O2S2/c1-2-7-8(16-4-3-15-7)9-11-5-6(12-9)10(13)14/h5,7-8H,2-4H2,1H3,(H,11,12)(H,13,14). The molecule has 2 atom stereocenters. The van der Waals surface area contributed by atoms with Crippen molar-refractivity contribution in [2.24, 2.45) is 0 Å². The van der Waals surface area contributed by atoms with Gasteiger partial charge in [0.2, 0.25) is 0 Å². The molecule has 6 heteroatoms. The van der Waals surface area contributed by atoms with Crippen LogP contribution < -0.4 is 0 Å². The Morgan fingerprint density at radius 2 is 2.38 bits per heavy atom. The average Bonchev–Trinajstić information content (AvgIpc) is 2.78. The van der Waals surface area contributed by atoms with Crippen LogP contribution in [0, 0.1) is 0 Å². The molecule has 2 heterocycles. The molecule has 88 valence electrons. The quantitative estimate of drug-likeness (QED) is 0.871. The summed E-state index contributed by atoms with van der Waals surface area (Å²) in [6.07, 6.45) is 2.50. The lowest BCUT2D eigenvalue weighted by Gasteiger charge is -2.28. The lowest BCUT2D eigenvalue weighted by atomic mass is 10.2. The monoisotopic (exact) mass is 258 g/mol. The highest BCUT2D eigenvalue weighted by Gasteiger charge is 2.28. The summed E-state index contributed by atoms with van der Waals surface area (Å²) < 4.78 is 0. The largest absolute Gasteiger partial charge is 0.477 e. The minimum atomic E-state index is -0.944. The van der Waals surface area contributed by atoms with Gasteiger partial charge in [-0.3, -0.25) is 0 Å². The Kier molecular flexibility index (Phi) is 3.81. The van der Waals surface area contributed by atoms with E-state index in [4.69, 9.17) is 5.11 Å². The number of hydrogen-bond acceptors (Lipinski definition) is 4. The summed E-state index contributed by atoms with van der Waals surface area (Å²) in [7, 11) is 0. The van der Waals surface area contributed by atoms with E-state index in [1.807, 2.05) is 23.5 Å². The van der Waals surface area contributed by atoms with E-state index >= 15 is 0 Å². The first kappa shape index (κ1) is 11.9. The van der Waals surface area contributed by atoms with Crippen LogP contribution >= 0.6 is 23.5 Å². The third-order valence-electron chi connectivity index (χ3n) is 2.55. The first-order chi connectivity index (χ1) is 7.72. The number of H-pyrrole nitrogens is 1. The van der Waals surface area contributed by atoms with Crippen molar-refractivity contribution in [1.29, 1.82) is 0 Å². The van der Waals surface area contributed by atoms with Crippen molar-refractivity contribution in [2.75, 3.05) is 11.5 Å². The van der Waals surface area contributed by atoms with Crippen LogP contribution in [0.1, 0.15) is 34.9 Å². The highest BCUT2D eigenvalue weighted by Crippen LogP contribution is 2.42. The van der Waals surface area contributed by atoms with Gasteiger partial charge < -0.3 is 10.1 Å². The number of aromatic carboxylic acids is 1. The number of carboxylic acid groups (broad SMARTS) is 1. The number of carbonyl (C=O) groups is 1. The molecular formula is C10H14N2O2S2. The van der Waals surface area contributed by atoms with E-state index in [0.717, 1.165) is 18.0 Å². The molecule has 2 unspecified atom stereocenters. The number of imidazole rings is 1. The van der Waals surface area contributed by atoms with Gasteiger partial charge in [-0.15, -0.1) is 11.8 Å². The fourth-order valence-electron chi connectivity index (χ4n) is 1.75. The minimum Gasteiger partial charge on any atom is -0.477 e. The van der Waals surface area contributed by atoms with Crippen LogP contribution in [0.3, 0.4) is 0 Å². The summed E-state index contributed by atoms with van der Waals surface area (Å²) in [5.41, 5.74) is 0.182. The van der Waals surface area contributed by atoms with Crippen LogP contribution in [-0.4, -0.2) is 37.8 Å². The Balaban J connectivity index is 2.17. The molecule has 0 spiro atoms. The van der Waals surface area contributed by atoms with E-state index in [-0.39, 0.29) is 5.69 Å². The molecule has 16 heavy (non-hydrogen) atoms. The molecule has 1 fully saturated rings. The molecule has 1 aromatic rings. The number of aromatic amines is 1. The van der Waals surface area contributed by atoms with E-state index in [9.17, 15) is 4.79 Å². The maximum atomic E-state index is 10.8. The van der Waals surface area contributed by atoms with Crippen LogP contribution in [0.2, 0.25) is 0 Å². The number of thioether (sulfide) groups is 2. The zero-order valence-corrected chi connectivity index (χ0v) is 10.6. The summed E-state index contributed by atoms with van der Waals surface area (Å²) in [4.78, 5) is 17.9. The molecular weight excluding hydrogens is 244 g/mol. The van der Waals surface area contributed by atoms with E-state index < -0.39 is 5.97 Å². The molecule has 0 bridgehead atoms. The minimum absolute atomic E-state index is 0.182. The third kappa shape index (κ3) is 2.38. The molecule has 0 amide bonds. The molecule has 2 N–H and O–H groups in total. The first-order valence-electron chi connectivity index (χ1n) is 5.23. The number of nitrogens with zero attached hydrogens (tertiary/aromatic N) is 1.